The SMILES string of the molecule is Cc1cnccc1C(=O)N1CCCC2(C1)C(Nc1nccnc1F)CCN2C. The minimum Gasteiger partial charge on any atom is -0.362 e. The number of nitrogens with zero attached hydrogens (tertiary/aromatic N) is 5. The summed E-state index contributed by atoms with van der Waals surface area (Å²) < 4.78 is 14.0. The molecule has 0 aliphatic carbocycles. The third kappa shape index (κ3) is 3.22. The van der Waals surface area contributed by atoms with Crippen molar-refractivity contribution in [2.24, 2.45) is 0 Å². The molecule has 1 amide bonds. The van der Waals surface area contributed by atoms with E-state index in [4.69, 9.17) is 0 Å². The molecule has 4 rings (SSSR count). The van der Waals surface area contributed by atoms with Gasteiger partial charge in [-0.05, 0) is 44.9 Å². The highest BCUT2D eigenvalue weighted by Crippen LogP contribution is 2.38. The number of anilines is 1. The molecule has 2 aromatic rings. The van der Waals surface area contributed by atoms with Crippen LogP contribution in [0.3, 0.4) is 0 Å². The van der Waals surface area contributed by atoms with Crippen molar-refractivity contribution in [3.05, 3.63) is 47.9 Å². The van der Waals surface area contributed by atoms with Gasteiger partial charge >= 0.3 is 0 Å². The van der Waals surface area contributed by atoms with Gasteiger partial charge < -0.3 is 10.2 Å². The first-order valence-electron chi connectivity index (χ1n) is 9.65. The van der Waals surface area contributed by atoms with Gasteiger partial charge in [-0.1, -0.05) is 0 Å². The number of aromatic nitrogens is 3. The number of hydrogen-bond donors (Lipinski definition) is 1. The highest BCUT2D eigenvalue weighted by Gasteiger charge is 2.50. The predicted molar refractivity (Wildman–Crippen MR) is 103 cm³/mol. The maximum absolute atomic E-state index is 14.0. The van der Waals surface area contributed by atoms with E-state index in [0.717, 1.165) is 37.9 Å². The van der Waals surface area contributed by atoms with Crippen LogP contribution in [0.15, 0.2) is 30.9 Å². The number of carbonyl (C=O) groups is 1. The molecule has 2 atom stereocenters. The van der Waals surface area contributed by atoms with E-state index in [-0.39, 0.29) is 23.3 Å². The van der Waals surface area contributed by atoms with Crippen molar-refractivity contribution in [2.45, 2.75) is 37.8 Å². The summed E-state index contributed by atoms with van der Waals surface area (Å²) in [6, 6.07) is 1.78. The molecular weight excluding hydrogens is 359 g/mol. The second-order valence-electron chi connectivity index (χ2n) is 7.73. The molecular formula is C20H25FN6O. The van der Waals surface area contributed by atoms with E-state index in [9.17, 15) is 9.18 Å². The number of pyridine rings is 1. The molecule has 7 nitrogen and oxygen atoms in total. The van der Waals surface area contributed by atoms with Crippen LogP contribution in [0.1, 0.15) is 35.2 Å². The Morgan fingerprint density at radius 2 is 2.11 bits per heavy atom. The fraction of sp³-hybridized carbons (Fsp3) is 0.500. The number of halogens is 1. The summed E-state index contributed by atoms with van der Waals surface area (Å²) in [5, 5.41) is 3.27. The predicted octanol–water partition coefficient (Wildman–Crippen LogP) is 2.11. The number of amides is 1. The fourth-order valence-corrected chi connectivity index (χ4v) is 4.59. The van der Waals surface area contributed by atoms with Crippen LogP contribution < -0.4 is 5.32 Å². The highest BCUT2D eigenvalue weighted by atomic mass is 19.1. The maximum atomic E-state index is 14.0. The first-order valence-corrected chi connectivity index (χ1v) is 9.65. The van der Waals surface area contributed by atoms with Crippen molar-refractivity contribution in [2.75, 3.05) is 32.0 Å². The molecule has 1 spiro atoms. The Kier molecular flexibility index (Phi) is 4.97. The molecule has 28 heavy (non-hydrogen) atoms. The zero-order valence-corrected chi connectivity index (χ0v) is 16.2. The van der Waals surface area contributed by atoms with Crippen LogP contribution in [0.2, 0.25) is 0 Å². The van der Waals surface area contributed by atoms with Gasteiger partial charge in [0.1, 0.15) is 0 Å². The average molecular weight is 384 g/mol. The largest absolute Gasteiger partial charge is 0.362 e. The number of hydrogen-bond acceptors (Lipinski definition) is 6. The zero-order chi connectivity index (χ0) is 19.7. The number of aryl methyl sites for hydroxylation is 1. The van der Waals surface area contributed by atoms with Gasteiger partial charge in [0.2, 0.25) is 0 Å². The van der Waals surface area contributed by atoms with Gasteiger partial charge in [-0.25, -0.2) is 9.97 Å². The molecule has 0 aromatic carbocycles. The Labute approximate surface area is 164 Å². The molecule has 1 N–H and O–H groups in total. The Bertz CT molecular complexity index is 877. The quantitative estimate of drug-likeness (QED) is 0.874. The molecule has 4 heterocycles. The summed E-state index contributed by atoms with van der Waals surface area (Å²) in [5.41, 5.74) is 1.32. The molecule has 0 saturated carbocycles. The van der Waals surface area contributed by atoms with Crippen molar-refractivity contribution in [1.82, 2.24) is 24.8 Å². The standard InChI is InChI=1S/C20H25FN6O/c1-14-12-22-7-4-15(14)19(28)27-10-3-6-20(13-27)16(5-11-26(20)2)25-18-17(21)23-8-9-24-18/h4,7-9,12,16H,3,5-6,10-11,13H2,1-2H3,(H,24,25). The van der Waals surface area contributed by atoms with Gasteiger partial charge in [-0.15, -0.1) is 0 Å². The number of likely N-dealkylation sites (tertiary alicyclic amines) is 2. The van der Waals surface area contributed by atoms with Crippen LogP contribution in [0.4, 0.5) is 10.2 Å². The molecule has 2 aliphatic heterocycles. The summed E-state index contributed by atoms with van der Waals surface area (Å²) in [6.07, 6.45) is 8.92. The second kappa shape index (κ2) is 7.43. The van der Waals surface area contributed by atoms with Gasteiger partial charge in [0, 0.05) is 56.0 Å². The lowest BCUT2D eigenvalue weighted by Crippen LogP contribution is -2.62. The normalized spacial score (nSPS) is 25.2. The van der Waals surface area contributed by atoms with Crippen molar-refractivity contribution >= 4 is 11.7 Å². The summed E-state index contributed by atoms with van der Waals surface area (Å²) in [4.78, 5) is 29.3. The topological polar surface area (TPSA) is 74.2 Å². The zero-order valence-electron chi connectivity index (χ0n) is 16.2. The Hall–Kier alpha value is -2.61. The summed E-state index contributed by atoms with van der Waals surface area (Å²) in [5.74, 6) is -0.386. The van der Waals surface area contributed by atoms with E-state index in [1.54, 1.807) is 18.5 Å². The van der Waals surface area contributed by atoms with Crippen LogP contribution in [0, 0.1) is 12.9 Å². The summed E-state index contributed by atoms with van der Waals surface area (Å²) in [6.45, 7) is 4.12. The van der Waals surface area contributed by atoms with Gasteiger partial charge in [0.15, 0.2) is 5.82 Å². The van der Waals surface area contributed by atoms with Crippen LogP contribution in [-0.2, 0) is 0 Å². The molecule has 0 radical (unpaired) electrons. The minimum atomic E-state index is -0.594. The van der Waals surface area contributed by atoms with Crippen LogP contribution in [-0.4, -0.2) is 68.9 Å². The third-order valence-corrected chi connectivity index (χ3v) is 6.17. The first-order chi connectivity index (χ1) is 13.5. The third-order valence-electron chi connectivity index (χ3n) is 6.17. The van der Waals surface area contributed by atoms with Crippen molar-refractivity contribution in [3.63, 3.8) is 0 Å². The van der Waals surface area contributed by atoms with Crippen molar-refractivity contribution in [3.8, 4) is 0 Å². The minimum absolute atomic E-state index is 0.00200. The lowest BCUT2D eigenvalue weighted by molar-refractivity contribution is 0.0381. The Balaban J connectivity index is 1.59. The number of carbonyl (C=O) groups excluding carboxylic acids is 1. The highest BCUT2D eigenvalue weighted by molar-refractivity contribution is 5.95. The Morgan fingerprint density at radius 1 is 1.29 bits per heavy atom. The number of rotatable bonds is 3. The van der Waals surface area contributed by atoms with Crippen molar-refractivity contribution in [1.29, 1.82) is 0 Å². The monoisotopic (exact) mass is 384 g/mol. The van der Waals surface area contributed by atoms with Crippen LogP contribution >= 0.6 is 0 Å². The van der Waals surface area contributed by atoms with Gasteiger partial charge in [-0.3, -0.25) is 14.7 Å². The molecule has 0 bridgehead atoms. The molecule has 148 valence electrons. The van der Waals surface area contributed by atoms with Gasteiger partial charge in [0.25, 0.3) is 11.9 Å². The van der Waals surface area contributed by atoms with Gasteiger partial charge in [-0.2, -0.15) is 4.39 Å². The van der Waals surface area contributed by atoms with E-state index in [1.807, 2.05) is 11.8 Å². The lowest BCUT2D eigenvalue weighted by atomic mass is 9.82. The fourth-order valence-electron chi connectivity index (χ4n) is 4.59. The van der Waals surface area contributed by atoms with Crippen molar-refractivity contribution < 1.29 is 9.18 Å². The molecule has 2 saturated heterocycles. The molecule has 2 unspecified atom stereocenters. The molecule has 8 heteroatoms. The van der Waals surface area contributed by atoms with E-state index < -0.39 is 5.95 Å². The molecule has 2 aliphatic rings. The number of nitrogens with one attached hydrogen (secondary N) is 1. The van der Waals surface area contributed by atoms with E-state index in [0.29, 0.717) is 12.1 Å². The van der Waals surface area contributed by atoms with E-state index in [1.165, 1.54) is 12.4 Å². The second-order valence-corrected chi connectivity index (χ2v) is 7.73. The number of likely N-dealkylation sites (N-methyl/N-ethyl adjacent to an activating group) is 1. The van der Waals surface area contributed by atoms with Gasteiger partial charge in [0.05, 0.1) is 5.54 Å². The van der Waals surface area contributed by atoms with E-state index in [2.05, 4.69) is 32.2 Å². The smallest absolute Gasteiger partial charge is 0.255 e. The maximum Gasteiger partial charge on any atom is 0.255 e. The summed E-state index contributed by atoms with van der Waals surface area (Å²) >= 11 is 0. The van der Waals surface area contributed by atoms with E-state index >= 15 is 0 Å². The van der Waals surface area contributed by atoms with Crippen LogP contribution in [0.5, 0.6) is 0 Å². The number of piperidine rings is 1. The molecule has 2 aromatic heterocycles. The molecule has 2 fully saturated rings. The lowest BCUT2D eigenvalue weighted by Gasteiger charge is -2.48. The summed E-state index contributed by atoms with van der Waals surface area (Å²) in [7, 11) is 2.08. The van der Waals surface area contributed by atoms with Crippen LogP contribution in [0.25, 0.3) is 0 Å². The first kappa shape index (κ1) is 18.7. The average Bonchev–Trinajstić information content (AvgIpc) is 2.99. The Morgan fingerprint density at radius 3 is 2.89 bits per heavy atom.